The molecule has 0 saturated carbocycles. The quantitative estimate of drug-likeness (QED) is 0.451. The minimum atomic E-state index is -0.233. The third-order valence-corrected chi connectivity index (χ3v) is 4.40. The Balaban J connectivity index is 2.40. The standard InChI is InChI=1S/C20H23BrO3/c1-3-4-12-24-19-11-10-16(21)13-18(19)17(14-20(22)23-2)15-8-6-5-7-9-15/h5-11,13,17H,3-4,12,14H2,1-2H3. The topological polar surface area (TPSA) is 35.5 Å². The average Bonchev–Trinajstić information content (AvgIpc) is 2.61. The van der Waals surface area contributed by atoms with Crippen molar-refractivity contribution in [3.05, 3.63) is 64.1 Å². The second-order valence-corrected chi connectivity index (χ2v) is 6.54. The SMILES string of the molecule is CCCCOc1ccc(Br)cc1C(CC(=O)OC)c1ccccc1. The van der Waals surface area contributed by atoms with Crippen LogP contribution in [0.25, 0.3) is 0 Å². The van der Waals surface area contributed by atoms with Crippen LogP contribution in [0.5, 0.6) is 5.75 Å². The summed E-state index contributed by atoms with van der Waals surface area (Å²) >= 11 is 3.53. The molecule has 0 aliphatic rings. The van der Waals surface area contributed by atoms with Crippen molar-refractivity contribution < 1.29 is 14.3 Å². The molecule has 0 N–H and O–H groups in total. The fourth-order valence-electron chi connectivity index (χ4n) is 2.59. The summed E-state index contributed by atoms with van der Waals surface area (Å²) in [4.78, 5) is 12.0. The van der Waals surface area contributed by atoms with Gasteiger partial charge in [-0.2, -0.15) is 0 Å². The van der Waals surface area contributed by atoms with Gasteiger partial charge in [-0.25, -0.2) is 0 Å². The Hall–Kier alpha value is -1.81. The third-order valence-electron chi connectivity index (χ3n) is 3.90. The summed E-state index contributed by atoms with van der Waals surface area (Å²) in [6, 6.07) is 16.0. The van der Waals surface area contributed by atoms with Crippen LogP contribution in [0, 0.1) is 0 Å². The smallest absolute Gasteiger partial charge is 0.306 e. The lowest BCUT2D eigenvalue weighted by Gasteiger charge is -2.21. The molecule has 4 heteroatoms. The third kappa shape index (κ3) is 5.10. The number of hydrogen-bond acceptors (Lipinski definition) is 3. The highest BCUT2D eigenvalue weighted by Gasteiger charge is 2.22. The van der Waals surface area contributed by atoms with E-state index >= 15 is 0 Å². The van der Waals surface area contributed by atoms with Crippen LogP contribution in [0.3, 0.4) is 0 Å². The van der Waals surface area contributed by atoms with E-state index in [-0.39, 0.29) is 18.3 Å². The van der Waals surface area contributed by atoms with Gasteiger partial charge in [0.1, 0.15) is 5.75 Å². The number of halogens is 1. The number of ether oxygens (including phenoxy) is 2. The number of carbonyl (C=O) groups excluding carboxylic acids is 1. The molecule has 0 spiro atoms. The van der Waals surface area contributed by atoms with Crippen molar-refractivity contribution in [1.29, 1.82) is 0 Å². The van der Waals surface area contributed by atoms with E-state index in [1.807, 2.05) is 48.5 Å². The van der Waals surface area contributed by atoms with Crippen LogP contribution in [-0.4, -0.2) is 19.7 Å². The van der Waals surface area contributed by atoms with Crippen LogP contribution in [0.15, 0.2) is 53.0 Å². The average molecular weight is 391 g/mol. The molecule has 0 heterocycles. The first-order valence-corrected chi connectivity index (χ1v) is 8.99. The zero-order valence-electron chi connectivity index (χ0n) is 14.1. The largest absolute Gasteiger partial charge is 0.493 e. The lowest BCUT2D eigenvalue weighted by atomic mass is 9.88. The summed E-state index contributed by atoms with van der Waals surface area (Å²) in [5, 5.41) is 0. The zero-order valence-corrected chi connectivity index (χ0v) is 15.7. The van der Waals surface area contributed by atoms with Gasteiger partial charge in [-0.15, -0.1) is 0 Å². The Bertz CT molecular complexity index is 655. The summed E-state index contributed by atoms with van der Waals surface area (Å²) in [6.45, 7) is 2.81. The molecule has 0 saturated heterocycles. The lowest BCUT2D eigenvalue weighted by molar-refractivity contribution is -0.140. The van der Waals surface area contributed by atoms with Crippen LogP contribution in [0.2, 0.25) is 0 Å². The lowest BCUT2D eigenvalue weighted by Crippen LogP contribution is -2.12. The Morgan fingerprint density at radius 1 is 1.17 bits per heavy atom. The predicted molar refractivity (Wildman–Crippen MR) is 99.5 cm³/mol. The van der Waals surface area contributed by atoms with Crippen molar-refractivity contribution in [2.24, 2.45) is 0 Å². The highest BCUT2D eigenvalue weighted by molar-refractivity contribution is 9.10. The molecule has 0 amide bonds. The Labute approximate surface area is 152 Å². The Morgan fingerprint density at radius 3 is 2.58 bits per heavy atom. The molecule has 128 valence electrons. The van der Waals surface area contributed by atoms with Crippen molar-refractivity contribution in [3.63, 3.8) is 0 Å². The fraction of sp³-hybridized carbons (Fsp3) is 0.350. The molecule has 2 aromatic rings. The Morgan fingerprint density at radius 2 is 1.92 bits per heavy atom. The molecule has 0 fully saturated rings. The van der Waals surface area contributed by atoms with E-state index in [2.05, 4.69) is 22.9 Å². The maximum absolute atomic E-state index is 12.0. The molecule has 0 radical (unpaired) electrons. The van der Waals surface area contributed by atoms with Crippen LogP contribution < -0.4 is 4.74 Å². The molecule has 2 rings (SSSR count). The normalized spacial score (nSPS) is 11.8. The first-order valence-electron chi connectivity index (χ1n) is 8.19. The second kappa shape index (κ2) is 9.48. The molecule has 1 atom stereocenters. The summed E-state index contributed by atoms with van der Waals surface area (Å²) in [5.41, 5.74) is 2.07. The number of unbranched alkanes of at least 4 members (excludes halogenated alkanes) is 1. The van der Waals surface area contributed by atoms with Gasteiger partial charge >= 0.3 is 5.97 Å². The monoisotopic (exact) mass is 390 g/mol. The van der Waals surface area contributed by atoms with Crippen LogP contribution in [-0.2, 0) is 9.53 Å². The Kier molecular flexibility index (Phi) is 7.32. The summed E-state index contributed by atoms with van der Waals surface area (Å²) in [6.07, 6.45) is 2.36. The van der Waals surface area contributed by atoms with Gasteiger partial charge < -0.3 is 9.47 Å². The van der Waals surface area contributed by atoms with E-state index in [4.69, 9.17) is 9.47 Å². The summed E-state index contributed by atoms with van der Waals surface area (Å²) in [7, 11) is 1.42. The molecule has 0 bridgehead atoms. The molecule has 0 aliphatic carbocycles. The number of rotatable bonds is 8. The maximum atomic E-state index is 12.0. The van der Waals surface area contributed by atoms with Gasteiger partial charge in [0, 0.05) is 16.0 Å². The minimum absolute atomic E-state index is 0.104. The van der Waals surface area contributed by atoms with E-state index in [0.29, 0.717) is 6.61 Å². The number of esters is 1. The number of methoxy groups -OCH3 is 1. The van der Waals surface area contributed by atoms with Crippen LogP contribution in [0.1, 0.15) is 43.2 Å². The predicted octanol–water partition coefficient (Wildman–Crippen LogP) is 5.32. The van der Waals surface area contributed by atoms with Gasteiger partial charge in [0.05, 0.1) is 20.1 Å². The number of hydrogen-bond donors (Lipinski definition) is 0. The molecule has 1 unspecified atom stereocenters. The zero-order chi connectivity index (χ0) is 17.4. The van der Waals surface area contributed by atoms with E-state index < -0.39 is 0 Å². The molecular formula is C20H23BrO3. The number of carbonyl (C=O) groups is 1. The summed E-state index contributed by atoms with van der Waals surface area (Å²) in [5.74, 6) is 0.487. The van der Waals surface area contributed by atoms with Gasteiger partial charge in [0.15, 0.2) is 0 Å². The highest BCUT2D eigenvalue weighted by Crippen LogP contribution is 2.36. The van der Waals surface area contributed by atoms with Crippen molar-refractivity contribution in [1.82, 2.24) is 0 Å². The van der Waals surface area contributed by atoms with Crippen molar-refractivity contribution >= 4 is 21.9 Å². The molecule has 0 aromatic heterocycles. The van der Waals surface area contributed by atoms with Gasteiger partial charge in [-0.1, -0.05) is 59.6 Å². The minimum Gasteiger partial charge on any atom is -0.493 e. The molecule has 3 nitrogen and oxygen atoms in total. The molecule has 0 aliphatic heterocycles. The van der Waals surface area contributed by atoms with E-state index in [9.17, 15) is 4.79 Å². The highest BCUT2D eigenvalue weighted by atomic mass is 79.9. The van der Waals surface area contributed by atoms with Gasteiger partial charge in [-0.05, 0) is 30.2 Å². The fourth-order valence-corrected chi connectivity index (χ4v) is 2.97. The second-order valence-electron chi connectivity index (χ2n) is 5.63. The maximum Gasteiger partial charge on any atom is 0.306 e. The van der Waals surface area contributed by atoms with E-state index in [0.717, 1.165) is 34.2 Å². The van der Waals surface area contributed by atoms with Crippen LogP contribution >= 0.6 is 15.9 Å². The molecular weight excluding hydrogens is 368 g/mol. The van der Waals surface area contributed by atoms with Crippen LogP contribution in [0.4, 0.5) is 0 Å². The van der Waals surface area contributed by atoms with Crippen molar-refractivity contribution in [3.8, 4) is 5.75 Å². The van der Waals surface area contributed by atoms with Gasteiger partial charge in [0.25, 0.3) is 0 Å². The first-order chi connectivity index (χ1) is 11.7. The molecule has 24 heavy (non-hydrogen) atoms. The van der Waals surface area contributed by atoms with E-state index in [1.54, 1.807) is 0 Å². The van der Waals surface area contributed by atoms with E-state index in [1.165, 1.54) is 7.11 Å². The molecule has 2 aromatic carbocycles. The van der Waals surface area contributed by atoms with Crippen molar-refractivity contribution in [2.75, 3.05) is 13.7 Å². The van der Waals surface area contributed by atoms with Gasteiger partial charge in [-0.3, -0.25) is 4.79 Å². The van der Waals surface area contributed by atoms with Gasteiger partial charge in [0.2, 0.25) is 0 Å². The van der Waals surface area contributed by atoms with Crippen molar-refractivity contribution in [2.45, 2.75) is 32.1 Å². The number of benzene rings is 2. The summed E-state index contributed by atoms with van der Waals surface area (Å²) < 4.78 is 11.8. The first kappa shape index (κ1) is 18.5.